The first-order valence-corrected chi connectivity index (χ1v) is 11.5. The van der Waals surface area contributed by atoms with Crippen LogP contribution >= 0.6 is 0 Å². The number of carboxylic acids is 1. The van der Waals surface area contributed by atoms with Gasteiger partial charge in [-0.2, -0.15) is 4.98 Å². The molecule has 190 valence electrons. The molecule has 1 aliphatic rings. The zero-order valence-electron chi connectivity index (χ0n) is 20.3. The van der Waals surface area contributed by atoms with Crippen molar-refractivity contribution in [1.29, 1.82) is 0 Å². The van der Waals surface area contributed by atoms with Gasteiger partial charge in [-0.05, 0) is 61.7 Å². The van der Waals surface area contributed by atoms with Crippen molar-refractivity contribution in [3.8, 4) is 29.0 Å². The summed E-state index contributed by atoms with van der Waals surface area (Å²) >= 11 is 0. The minimum atomic E-state index is -0.902. The summed E-state index contributed by atoms with van der Waals surface area (Å²) in [7, 11) is 0. The van der Waals surface area contributed by atoms with Gasteiger partial charge in [-0.15, -0.1) is 0 Å². The average molecular weight is 506 g/mol. The first-order chi connectivity index (χ1) is 17.7. The van der Waals surface area contributed by atoms with Gasteiger partial charge >= 0.3 is 12.0 Å². The highest BCUT2D eigenvalue weighted by Gasteiger charge is 2.35. The smallest absolute Gasteiger partial charge is 0.325 e. The Hall–Kier alpha value is -4.54. The molecule has 1 fully saturated rings. The SMILES string of the molecule is Cc1ccc(Oc2ncc3nc(-c4cc(C)c(OCC(=O)N5CC(C(=O)O)C5)c(C)c4)oc3n2)c(F)c1. The molecule has 4 aromatic rings. The topological polar surface area (TPSA) is 128 Å². The second-order valence-corrected chi connectivity index (χ2v) is 8.96. The number of carbonyl (C=O) groups excluding carboxylic acids is 1. The monoisotopic (exact) mass is 506 g/mol. The van der Waals surface area contributed by atoms with Gasteiger partial charge in [0.1, 0.15) is 11.3 Å². The highest BCUT2D eigenvalue weighted by Crippen LogP contribution is 2.32. The van der Waals surface area contributed by atoms with Gasteiger partial charge in [0.05, 0.1) is 12.1 Å². The Balaban J connectivity index is 1.30. The van der Waals surface area contributed by atoms with Crippen LogP contribution in [-0.2, 0) is 9.59 Å². The number of halogens is 1. The van der Waals surface area contributed by atoms with E-state index in [-0.39, 0.29) is 43.1 Å². The van der Waals surface area contributed by atoms with Crippen LogP contribution in [-0.4, -0.2) is 56.5 Å². The molecular weight excluding hydrogens is 483 g/mol. The molecule has 2 aromatic heterocycles. The van der Waals surface area contributed by atoms with Gasteiger partial charge in [0.2, 0.25) is 5.89 Å². The summed E-state index contributed by atoms with van der Waals surface area (Å²) in [6.45, 7) is 5.66. The second-order valence-electron chi connectivity index (χ2n) is 8.96. The summed E-state index contributed by atoms with van der Waals surface area (Å²) in [5, 5.41) is 8.96. The van der Waals surface area contributed by atoms with E-state index in [1.165, 1.54) is 23.2 Å². The summed E-state index contributed by atoms with van der Waals surface area (Å²) < 4.78 is 31.2. The van der Waals surface area contributed by atoms with Gasteiger partial charge in [0, 0.05) is 18.7 Å². The number of rotatable bonds is 7. The summed E-state index contributed by atoms with van der Waals surface area (Å²) in [6.07, 6.45) is 1.43. The highest BCUT2D eigenvalue weighted by atomic mass is 19.1. The van der Waals surface area contributed by atoms with E-state index in [0.29, 0.717) is 22.7 Å². The molecule has 1 N–H and O–H groups in total. The van der Waals surface area contributed by atoms with E-state index in [1.54, 1.807) is 13.0 Å². The zero-order valence-corrected chi connectivity index (χ0v) is 20.3. The number of hydrogen-bond acceptors (Lipinski definition) is 8. The molecular formula is C26H23FN4O6. The lowest BCUT2D eigenvalue weighted by molar-refractivity contribution is -0.153. The number of amides is 1. The minimum absolute atomic E-state index is 0.000760. The van der Waals surface area contributed by atoms with Gasteiger partial charge < -0.3 is 23.9 Å². The Morgan fingerprint density at radius 3 is 2.54 bits per heavy atom. The molecule has 1 saturated heterocycles. The summed E-state index contributed by atoms with van der Waals surface area (Å²) in [5.41, 5.74) is 3.56. The molecule has 0 saturated carbocycles. The molecule has 0 unspecified atom stereocenters. The van der Waals surface area contributed by atoms with E-state index in [2.05, 4.69) is 15.0 Å². The van der Waals surface area contributed by atoms with E-state index < -0.39 is 17.7 Å². The van der Waals surface area contributed by atoms with E-state index in [9.17, 15) is 14.0 Å². The van der Waals surface area contributed by atoms with Crippen molar-refractivity contribution in [3.05, 3.63) is 59.0 Å². The maximum Gasteiger partial charge on any atom is 0.325 e. The lowest BCUT2D eigenvalue weighted by Crippen LogP contribution is -2.54. The number of likely N-dealkylation sites (tertiary alicyclic amines) is 1. The Morgan fingerprint density at radius 2 is 1.86 bits per heavy atom. The van der Waals surface area contributed by atoms with E-state index >= 15 is 0 Å². The van der Waals surface area contributed by atoms with Gasteiger partial charge in [-0.1, -0.05) is 6.07 Å². The fourth-order valence-corrected chi connectivity index (χ4v) is 4.04. The standard InChI is InChI=1S/C26H23FN4O6/c1-13-4-5-20(18(27)6-13)36-26-28-9-19-24(30-26)37-23(29-19)16-7-14(2)22(15(3)8-16)35-12-21(32)31-10-17(11-31)25(33)34/h4-9,17H,10-12H2,1-3H3,(H,33,34). The number of nitrogens with zero attached hydrogens (tertiary/aromatic N) is 4. The van der Waals surface area contributed by atoms with Crippen molar-refractivity contribution in [3.63, 3.8) is 0 Å². The van der Waals surface area contributed by atoms with Gasteiger partial charge in [0.15, 0.2) is 18.2 Å². The average Bonchev–Trinajstić information content (AvgIpc) is 3.22. The van der Waals surface area contributed by atoms with E-state index in [0.717, 1.165) is 16.7 Å². The molecule has 1 aliphatic heterocycles. The van der Waals surface area contributed by atoms with Crippen LogP contribution in [0, 0.1) is 32.5 Å². The Morgan fingerprint density at radius 1 is 1.14 bits per heavy atom. The van der Waals surface area contributed by atoms with E-state index in [4.69, 9.17) is 19.0 Å². The number of aryl methyl sites for hydroxylation is 3. The number of benzene rings is 2. The fourth-order valence-electron chi connectivity index (χ4n) is 4.04. The molecule has 0 radical (unpaired) electrons. The largest absolute Gasteiger partial charge is 0.483 e. The third-order valence-electron chi connectivity index (χ3n) is 6.05. The molecule has 3 heterocycles. The first-order valence-electron chi connectivity index (χ1n) is 11.5. The van der Waals surface area contributed by atoms with Crippen LogP contribution in [0.25, 0.3) is 22.7 Å². The van der Waals surface area contributed by atoms with Crippen LogP contribution in [0.1, 0.15) is 16.7 Å². The second kappa shape index (κ2) is 9.49. The number of aliphatic carboxylic acids is 1. The van der Waals surface area contributed by atoms with Crippen molar-refractivity contribution in [2.75, 3.05) is 19.7 Å². The van der Waals surface area contributed by atoms with Crippen LogP contribution in [0.15, 0.2) is 40.9 Å². The van der Waals surface area contributed by atoms with Crippen LogP contribution < -0.4 is 9.47 Å². The van der Waals surface area contributed by atoms with Gasteiger partial charge in [-0.3, -0.25) is 9.59 Å². The van der Waals surface area contributed by atoms with Crippen molar-refractivity contribution in [2.45, 2.75) is 20.8 Å². The normalized spacial score (nSPS) is 13.5. The predicted octanol–water partition coefficient (Wildman–Crippen LogP) is 4.06. The van der Waals surface area contributed by atoms with Crippen molar-refractivity contribution in [2.24, 2.45) is 5.92 Å². The number of fused-ring (bicyclic) bond motifs is 1. The third-order valence-corrected chi connectivity index (χ3v) is 6.05. The number of carbonyl (C=O) groups is 2. The molecule has 0 spiro atoms. The zero-order chi connectivity index (χ0) is 26.3. The number of aromatic nitrogens is 3. The fraction of sp³-hybridized carbons (Fsp3) is 0.269. The molecule has 0 aliphatic carbocycles. The minimum Gasteiger partial charge on any atom is -0.483 e. The molecule has 0 atom stereocenters. The summed E-state index contributed by atoms with van der Waals surface area (Å²) in [4.78, 5) is 37.4. The first kappa shape index (κ1) is 24.2. The third kappa shape index (κ3) is 4.92. The summed E-state index contributed by atoms with van der Waals surface area (Å²) in [5.74, 6) is -1.34. The number of hydrogen-bond donors (Lipinski definition) is 1. The predicted molar refractivity (Wildman–Crippen MR) is 129 cm³/mol. The molecule has 5 rings (SSSR count). The lowest BCUT2D eigenvalue weighted by Gasteiger charge is -2.36. The Labute approximate surface area is 210 Å². The lowest BCUT2D eigenvalue weighted by atomic mass is 10.0. The molecule has 2 aromatic carbocycles. The van der Waals surface area contributed by atoms with Crippen LogP contribution in [0.4, 0.5) is 4.39 Å². The van der Waals surface area contributed by atoms with Gasteiger partial charge in [0.25, 0.3) is 11.6 Å². The molecule has 37 heavy (non-hydrogen) atoms. The van der Waals surface area contributed by atoms with Crippen molar-refractivity contribution < 1.29 is 33.0 Å². The maximum atomic E-state index is 14.1. The van der Waals surface area contributed by atoms with Gasteiger partial charge in [-0.25, -0.2) is 14.4 Å². The summed E-state index contributed by atoms with van der Waals surface area (Å²) in [6, 6.07) is 8.13. The Kier molecular flexibility index (Phi) is 6.20. The van der Waals surface area contributed by atoms with Crippen LogP contribution in [0.2, 0.25) is 0 Å². The maximum absolute atomic E-state index is 14.1. The molecule has 11 heteroatoms. The highest BCUT2D eigenvalue weighted by molar-refractivity contribution is 5.82. The van der Waals surface area contributed by atoms with Crippen LogP contribution in [0.3, 0.4) is 0 Å². The van der Waals surface area contributed by atoms with Crippen molar-refractivity contribution >= 4 is 23.1 Å². The quantitative estimate of drug-likeness (QED) is 0.395. The number of carboxylic acid groups (broad SMARTS) is 1. The number of ether oxygens (including phenoxy) is 2. The van der Waals surface area contributed by atoms with E-state index in [1.807, 2.05) is 26.0 Å². The number of oxazole rings is 1. The molecule has 10 nitrogen and oxygen atoms in total. The molecule has 0 bridgehead atoms. The van der Waals surface area contributed by atoms with Crippen LogP contribution in [0.5, 0.6) is 17.5 Å². The molecule has 1 amide bonds. The van der Waals surface area contributed by atoms with Crippen molar-refractivity contribution in [1.82, 2.24) is 19.9 Å². The Bertz CT molecular complexity index is 1510.